The van der Waals surface area contributed by atoms with Crippen LogP contribution in [0.25, 0.3) is 0 Å². The van der Waals surface area contributed by atoms with Gasteiger partial charge < -0.3 is 0 Å². The normalized spacial score (nSPS) is 30.6. The molecule has 1 nitrogen and oxygen atoms in total. The SMILES string of the molecule is CC1(C)CCCC1C(=O)CCC1CC1. The summed E-state index contributed by atoms with van der Waals surface area (Å²) in [6.07, 6.45) is 8.43. The number of rotatable bonds is 4. The Morgan fingerprint density at radius 2 is 2.00 bits per heavy atom. The maximum Gasteiger partial charge on any atom is 0.136 e. The highest BCUT2D eigenvalue weighted by Crippen LogP contribution is 2.44. The van der Waals surface area contributed by atoms with Crippen molar-refractivity contribution in [3.8, 4) is 0 Å². The first-order valence-electron chi connectivity index (χ1n) is 6.12. The molecule has 2 aliphatic carbocycles. The maximum atomic E-state index is 12.0. The number of Topliss-reactive ketones (excluding diaryl/α,β-unsaturated/α-hetero) is 1. The molecule has 1 heteroatoms. The first-order valence-corrected chi connectivity index (χ1v) is 6.12. The zero-order valence-corrected chi connectivity index (χ0v) is 9.51. The minimum absolute atomic E-state index is 0.292. The summed E-state index contributed by atoms with van der Waals surface area (Å²) in [5, 5.41) is 0. The summed E-state index contributed by atoms with van der Waals surface area (Å²) in [4.78, 5) is 12.0. The van der Waals surface area contributed by atoms with Crippen LogP contribution in [-0.4, -0.2) is 5.78 Å². The maximum absolute atomic E-state index is 12.0. The van der Waals surface area contributed by atoms with Crippen LogP contribution in [-0.2, 0) is 4.79 Å². The van der Waals surface area contributed by atoms with Crippen LogP contribution in [0, 0.1) is 17.3 Å². The van der Waals surface area contributed by atoms with Crippen LogP contribution in [0.15, 0.2) is 0 Å². The van der Waals surface area contributed by atoms with E-state index in [4.69, 9.17) is 0 Å². The quantitative estimate of drug-likeness (QED) is 0.668. The van der Waals surface area contributed by atoms with Gasteiger partial charge in [-0.15, -0.1) is 0 Å². The van der Waals surface area contributed by atoms with Crippen LogP contribution >= 0.6 is 0 Å². The molecule has 0 saturated heterocycles. The summed E-state index contributed by atoms with van der Waals surface area (Å²) in [5.74, 6) is 1.84. The Kier molecular flexibility index (Phi) is 2.68. The number of carbonyl (C=O) groups is 1. The van der Waals surface area contributed by atoms with E-state index in [-0.39, 0.29) is 0 Å². The van der Waals surface area contributed by atoms with E-state index in [1.807, 2.05) is 0 Å². The zero-order chi connectivity index (χ0) is 10.2. The first kappa shape index (κ1) is 10.2. The van der Waals surface area contributed by atoms with Crippen molar-refractivity contribution >= 4 is 5.78 Å². The van der Waals surface area contributed by atoms with E-state index in [1.54, 1.807) is 0 Å². The lowest BCUT2D eigenvalue weighted by Gasteiger charge is -2.25. The second-order valence-corrected chi connectivity index (χ2v) is 5.88. The van der Waals surface area contributed by atoms with Crippen molar-refractivity contribution in [1.82, 2.24) is 0 Å². The Bertz CT molecular complexity index is 225. The highest BCUT2D eigenvalue weighted by Gasteiger charge is 2.39. The van der Waals surface area contributed by atoms with Gasteiger partial charge in [-0.3, -0.25) is 4.79 Å². The van der Waals surface area contributed by atoms with E-state index in [0.29, 0.717) is 17.1 Å². The summed E-state index contributed by atoms with van der Waals surface area (Å²) >= 11 is 0. The average Bonchev–Trinajstić information content (AvgIpc) is 2.86. The molecule has 80 valence electrons. The van der Waals surface area contributed by atoms with Crippen LogP contribution in [0.1, 0.15) is 58.8 Å². The molecule has 2 fully saturated rings. The molecule has 0 radical (unpaired) electrons. The molecule has 0 amide bonds. The number of hydrogen-bond acceptors (Lipinski definition) is 1. The number of carbonyl (C=O) groups excluding carboxylic acids is 1. The highest BCUT2D eigenvalue weighted by atomic mass is 16.1. The van der Waals surface area contributed by atoms with Crippen LogP contribution in [0.2, 0.25) is 0 Å². The predicted octanol–water partition coefficient (Wildman–Crippen LogP) is 3.57. The van der Waals surface area contributed by atoms with Crippen LogP contribution in [0.3, 0.4) is 0 Å². The van der Waals surface area contributed by atoms with Gasteiger partial charge in [0.25, 0.3) is 0 Å². The fourth-order valence-electron chi connectivity index (χ4n) is 2.85. The summed E-state index contributed by atoms with van der Waals surface area (Å²) in [6, 6.07) is 0. The third-order valence-electron chi connectivity index (χ3n) is 4.14. The zero-order valence-electron chi connectivity index (χ0n) is 9.51. The van der Waals surface area contributed by atoms with Crippen molar-refractivity contribution in [3.05, 3.63) is 0 Å². The van der Waals surface area contributed by atoms with Crippen LogP contribution < -0.4 is 0 Å². The smallest absolute Gasteiger partial charge is 0.136 e. The van der Waals surface area contributed by atoms with Crippen LogP contribution in [0.4, 0.5) is 0 Å². The Labute approximate surface area is 87.3 Å². The van der Waals surface area contributed by atoms with E-state index in [2.05, 4.69) is 13.8 Å². The molecule has 2 aliphatic rings. The molecule has 0 N–H and O–H groups in total. The minimum Gasteiger partial charge on any atom is -0.299 e. The third kappa shape index (κ3) is 2.18. The van der Waals surface area contributed by atoms with Crippen LogP contribution in [0.5, 0.6) is 0 Å². The first-order chi connectivity index (χ1) is 6.59. The Hall–Kier alpha value is -0.330. The lowest BCUT2D eigenvalue weighted by molar-refractivity contribution is -0.125. The summed E-state index contributed by atoms with van der Waals surface area (Å²) < 4.78 is 0. The molecule has 2 rings (SSSR count). The predicted molar refractivity (Wildman–Crippen MR) is 58.1 cm³/mol. The van der Waals surface area contributed by atoms with Gasteiger partial charge in [-0.05, 0) is 30.6 Å². The van der Waals surface area contributed by atoms with Gasteiger partial charge >= 0.3 is 0 Å². The largest absolute Gasteiger partial charge is 0.299 e. The van der Waals surface area contributed by atoms with E-state index >= 15 is 0 Å². The summed E-state index contributed by atoms with van der Waals surface area (Å²) in [6.45, 7) is 4.53. The van der Waals surface area contributed by atoms with Crippen molar-refractivity contribution in [1.29, 1.82) is 0 Å². The molecule has 0 spiro atoms. The van der Waals surface area contributed by atoms with Gasteiger partial charge in [0, 0.05) is 12.3 Å². The highest BCUT2D eigenvalue weighted by molar-refractivity contribution is 5.82. The van der Waals surface area contributed by atoms with Gasteiger partial charge in [-0.2, -0.15) is 0 Å². The van der Waals surface area contributed by atoms with Gasteiger partial charge in [0.1, 0.15) is 5.78 Å². The molecule has 0 heterocycles. The average molecular weight is 194 g/mol. The molecule has 0 bridgehead atoms. The molecule has 0 aliphatic heterocycles. The summed E-state index contributed by atoms with van der Waals surface area (Å²) in [7, 11) is 0. The molecule has 0 aromatic carbocycles. The van der Waals surface area contributed by atoms with E-state index in [9.17, 15) is 4.79 Å². The van der Waals surface area contributed by atoms with Gasteiger partial charge in [0.05, 0.1) is 0 Å². The Morgan fingerprint density at radius 1 is 1.29 bits per heavy atom. The fourth-order valence-corrected chi connectivity index (χ4v) is 2.85. The molecule has 0 aromatic heterocycles. The second-order valence-electron chi connectivity index (χ2n) is 5.88. The van der Waals surface area contributed by atoms with Crippen molar-refractivity contribution in [3.63, 3.8) is 0 Å². The second kappa shape index (κ2) is 3.67. The van der Waals surface area contributed by atoms with Crippen molar-refractivity contribution in [2.24, 2.45) is 17.3 Å². The minimum atomic E-state index is 0.292. The monoisotopic (exact) mass is 194 g/mol. The molecular weight excluding hydrogens is 172 g/mol. The standard InChI is InChI=1S/C13H22O/c1-13(2)9-3-4-11(13)12(14)8-7-10-5-6-10/h10-11H,3-9H2,1-2H3. The summed E-state index contributed by atoms with van der Waals surface area (Å²) in [5.41, 5.74) is 0.292. The molecule has 2 saturated carbocycles. The number of hydrogen-bond donors (Lipinski definition) is 0. The van der Waals surface area contributed by atoms with Gasteiger partial charge in [-0.1, -0.05) is 33.1 Å². The van der Waals surface area contributed by atoms with E-state index in [0.717, 1.165) is 18.8 Å². The Balaban J connectivity index is 1.83. The van der Waals surface area contributed by atoms with Gasteiger partial charge in [-0.25, -0.2) is 0 Å². The lowest BCUT2D eigenvalue weighted by Crippen LogP contribution is -2.25. The fraction of sp³-hybridized carbons (Fsp3) is 0.923. The molecule has 0 aromatic rings. The van der Waals surface area contributed by atoms with Gasteiger partial charge in [0.2, 0.25) is 0 Å². The number of ketones is 1. The van der Waals surface area contributed by atoms with Gasteiger partial charge in [0.15, 0.2) is 0 Å². The third-order valence-corrected chi connectivity index (χ3v) is 4.14. The molecular formula is C13H22O. The topological polar surface area (TPSA) is 17.1 Å². The van der Waals surface area contributed by atoms with E-state index < -0.39 is 0 Å². The molecule has 1 atom stereocenters. The van der Waals surface area contributed by atoms with Crippen molar-refractivity contribution in [2.45, 2.75) is 58.8 Å². The molecule has 1 unspecified atom stereocenters. The molecule has 14 heavy (non-hydrogen) atoms. The Morgan fingerprint density at radius 3 is 2.50 bits per heavy atom. The van der Waals surface area contributed by atoms with Crippen molar-refractivity contribution in [2.75, 3.05) is 0 Å². The van der Waals surface area contributed by atoms with E-state index in [1.165, 1.54) is 32.1 Å². The lowest BCUT2D eigenvalue weighted by atomic mass is 9.78. The van der Waals surface area contributed by atoms with Crippen molar-refractivity contribution < 1.29 is 4.79 Å².